The molecule has 0 spiro atoms. The van der Waals surface area contributed by atoms with E-state index in [0.717, 1.165) is 44.3 Å². The molecule has 29 heavy (non-hydrogen) atoms. The number of carbonyl (C=O) groups is 1. The highest BCUT2D eigenvalue weighted by molar-refractivity contribution is 6.01. The van der Waals surface area contributed by atoms with E-state index in [-0.39, 0.29) is 25.2 Å². The smallest absolute Gasteiger partial charge is 0.308 e. The molecule has 2 aromatic heterocycles. The van der Waals surface area contributed by atoms with E-state index in [2.05, 4.69) is 10.5 Å². The Bertz CT molecular complexity index is 1300. The molecule has 0 atom stereocenters. The van der Waals surface area contributed by atoms with Gasteiger partial charge in [0, 0.05) is 26.0 Å². The number of aromatic nitrogens is 1. The van der Waals surface area contributed by atoms with Crippen molar-refractivity contribution < 1.29 is 40.5 Å². The van der Waals surface area contributed by atoms with Gasteiger partial charge < -0.3 is 31.4 Å². The minimum atomic E-state index is -0.387. The van der Waals surface area contributed by atoms with E-state index < -0.39 is 0 Å². The summed E-state index contributed by atoms with van der Waals surface area (Å²) in [5, 5.41) is 3.92. The summed E-state index contributed by atoms with van der Waals surface area (Å²) < 4.78 is 24.1. The third-order valence-electron chi connectivity index (χ3n) is 5.12. The fraction of sp³-hybridized carbons (Fsp3) is 0.182. The van der Waals surface area contributed by atoms with Crippen LogP contribution in [0.4, 0.5) is 0 Å². The Kier molecular flexibility index (Phi) is 4.59. The van der Waals surface area contributed by atoms with Crippen LogP contribution in [0.3, 0.4) is 0 Å². The number of esters is 1. The molecule has 148 valence electrons. The summed E-state index contributed by atoms with van der Waals surface area (Å²) in [6.45, 7) is 3.63. The van der Waals surface area contributed by atoms with Crippen molar-refractivity contribution in [2.75, 3.05) is 13.9 Å². The summed E-state index contributed by atoms with van der Waals surface area (Å²) in [6, 6.07) is 11.9. The molecule has 0 radical (unpaired) electrons. The number of ether oxygens (including phenoxy) is 4. The summed E-state index contributed by atoms with van der Waals surface area (Å²) in [4.78, 5) is 11.7. The molecule has 4 aromatic rings. The van der Waals surface area contributed by atoms with Gasteiger partial charge in [-0.1, -0.05) is 0 Å². The summed E-state index contributed by atoms with van der Waals surface area (Å²) in [7, 11) is 1.56. The second-order valence-corrected chi connectivity index (χ2v) is 6.75. The molecule has 1 aliphatic heterocycles. The zero-order valence-electron chi connectivity index (χ0n) is 16.1. The van der Waals surface area contributed by atoms with Gasteiger partial charge in [-0.25, -0.2) is 0 Å². The number of benzene rings is 2. The number of aryl methyl sites for hydroxylation is 1. The van der Waals surface area contributed by atoms with Crippen molar-refractivity contribution in [3.63, 3.8) is 0 Å². The van der Waals surface area contributed by atoms with E-state index in [1.807, 2.05) is 43.5 Å². The molecule has 3 heterocycles. The first-order chi connectivity index (χ1) is 13.6. The Hall–Kier alpha value is -3.25. The first-order valence-corrected chi connectivity index (χ1v) is 8.93. The molecular formula is C22H18ClNO5. The van der Waals surface area contributed by atoms with Crippen LogP contribution in [0.1, 0.15) is 12.6 Å². The fourth-order valence-electron chi connectivity index (χ4n) is 3.87. The highest BCUT2D eigenvalue weighted by Crippen LogP contribution is 2.40. The SMILES string of the molecule is COc1ccc2cc3c4cc5c(cc4cc[n+]3c(C)c2c1OC(C)=O)OCO5.[Cl-]. The minimum absolute atomic E-state index is 0. The lowest BCUT2D eigenvalue weighted by Crippen LogP contribution is -3.00. The molecule has 0 saturated heterocycles. The van der Waals surface area contributed by atoms with Gasteiger partial charge in [-0.3, -0.25) is 4.79 Å². The topological polar surface area (TPSA) is 58.1 Å². The zero-order chi connectivity index (χ0) is 19.4. The number of methoxy groups -OCH3 is 1. The first-order valence-electron chi connectivity index (χ1n) is 8.93. The molecule has 6 nitrogen and oxygen atoms in total. The van der Waals surface area contributed by atoms with Crippen molar-refractivity contribution in [1.82, 2.24) is 0 Å². The van der Waals surface area contributed by atoms with Gasteiger partial charge in [0.05, 0.1) is 17.9 Å². The number of fused-ring (bicyclic) bond motifs is 5. The van der Waals surface area contributed by atoms with Crippen LogP contribution in [-0.4, -0.2) is 19.9 Å². The van der Waals surface area contributed by atoms with Crippen LogP contribution in [0.15, 0.2) is 42.6 Å². The van der Waals surface area contributed by atoms with Crippen LogP contribution in [0.5, 0.6) is 23.0 Å². The van der Waals surface area contributed by atoms with Gasteiger partial charge in [0.15, 0.2) is 34.9 Å². The van der Waals surface area contributed by atoms with Crippen LogP contribution in [0.25, 0.3) is 27.1 Å². The predicted octanol–water partition coefficient (Wildman–Crippen LogP) is 0.707. The number of rotatable bonds is 2. The highest BCUT2D eigenvalue weighted by atomic mass is 35.5. The van der Waals surface area contributed by atoms with Gasteiger partial charge in [0.25, 0.3) is 0 Å². The van der Waals surface area contributed by atoms with E-state index in [0.29, 0.717) is 11.5 Å². The lowest BCUT2D eigenvalue weighted by molar-refractivity contribution is -0.516. The quantitative estimate of drug-likeness (QED) is 0.160. The fourth-order valence-corrected chi connectivity index (χ4v) is 3.87. The molecule has 5 rings (SSSR count). The maximum Gasteiger partial charge on any atom is 0.308 e. The van der Waals surface area contributed by atoms with E-state index in [4.69, 9.17) is 18.9 Å². The van der Waals surface area contributed by atoms with Crippen molar-refractivity contribution in [1.29, 1.82) is 0 Å². The van der Waals surface area contributed by atoms with Crippen LogP contribution >= 0.6 is 0 Å². The third-order valence-corrected chi connectivity index (χ3v) is 5.12. The Balaban J connectivity index is 0.00000205. The molecule has 0 amide bonds. The van der Waals surface area contributed by atoms with Gasteiger partial charge in [0.1, 0.15) is 0 Å². The van der Waals surface area contributed by atoms with Crippen molar-refractivity contribution in [3.8, 4) is 23.0 Å². The predicted molar refractivity (Wildman–Crippen MR) is 103 cm³/mol. The Morgan fingerprint density at radius 1 is 1.07 bits per heavy atom. The monoisotopic (exact) mass is 411 g/mol. The molecule has 1 aliphatic rings. The average molecular weight is 412 g/mol. The van der Waals surface area contributed by atoms with Gasteiger partial charge in [-0.15, -0.1) is 0 Å². The molecule has 2 aromatic carbocycles. The second kappa shape index (κ2) is 6.97. The normalized spacial score (nSPS) is 12.2. The van der Waals surface area contributed by atoms with E-state index in [1.165, 1.54) is 6.92 Å². The molecule has 7 heteroatoms. The minimum Gasteiger partial charge on any atom is -1.00 e. The average Bonchev–Trinajstić information content (AvgIpc) is 3.13. The van der Waals surface area contributed by atoms with Gasteiger partial charge in [0.2, 0.25) is 12.3 Å². The Morgan fingerprint density at radius 2 is 1.83 bits per heavy atom. The molecule has 0 unspecified atom stereocenters. The number of pyridine rings is 2. The highest BCUT2D eigenvalue weighted by Gasteiger charge is 2.23. The third kappa shape index (κ3) is 2.87. The van der Waals surface area contributed by atoms with Crippen LogP contribution in [0.2, 0.25) is 0 Å². The Morgan fingerprint density at radius 3 is 2.55 bits per heavy atom. The second-order valence-electron chi connectivity index (χ2n) is 6.75. The molecule has 0 N–H and O–H groups in total. The van der Waals surface area contributed by atoms with E-state index in [9.17, 15) is 4.79 Å². The summed E-state index contributed by atoms with van der Waals surface area (Å²) in [5.41, 5.74) is 1.97. The first kappa shape index (κ1) is 19.1. The molecule has 0 saturated carbocycles. The number of hydrogen-bond acceptors (Lipinski definition) is 5. The summed E-state index contributed by atoms with van der Waals surface area (Å²) in [5.74, 6) is 2.08. The van der Waals surface area contributed by atoms with Crippen molar-refractivity contribution in [2.24, 2.45) is 0 Å². The lowest BCUT2D eigenvalue weighted by Gasteiger charge is -2.12. The maximum absolute atomic E-state index is 11.7. The molecule has 0 fully saturated rings. The maximum atomic E-state index is 11.7. The summed E-state index contributed by atoms with van der Waals surface area (Å²) >= 11 is 0. The lowest BCUT2D eigenvalue weighted by atomic mass is 10.0. The summed E-state index contributed by atoms with van der Waals surface area (Å²) in [6.07, 6.45) is 2.01. The van der Waals surface area contributed by atoms with E-state index >= 15 is 0 Å². The molecule has 0 aliphatic carbocycles. The van der Waals surface area contributed by atoms with Gasteiger partial charge in [-0.2, -0.15) is 4.40 Å². The largest absolute Gasteiger partial charge is 1.00 e. The zero-order valence-corrected chi connectivity index (χ0v) is 16.9. The van der Waals surface area contributed by atoms with E-state index in [1.54, 1.807) is 7.11 Å². The van der Waals surface area contributed by atoms with Gasteiger partial charge >= 0.3 is 5.97 Å². The number of hydrogen-bond donors (Lipinski definition) is 0. The van der Waals surface area contributed by atoms with Gasteiger partial charge in [-0.05, 0) is 35.0 Å². The molecule has 0 bridgehead atoms. The van der Waals surface area contributed by atoms with Crippen LogP contribution < -0.4 is 35.8 Å². The number of halogens is 1. The standard InChI is InChI=1S/C22H18NO5.ClH/c1-12-21-15(4-5-18(25-3)22(21)28-13(2)24)8-17-16-10-20-19(26-11-27-20)9-14(16)6-7-23(12)17;/h4-10H,11H2,1-3H3;1H/q+1;/p-1. The Labute approximate surface area is 173 Å². The molecular weight excluding hydrogens is 394 g/mol. The number of nitrogens with zero attached hydrogens (tertiary/aromatic N) is 1. The van der Waals surface area contributed by atoms with Crippen molar-refractivity contribution in [3.05, 3.63) is 48.3 Å². The van der Waals surface area contributed by atoms with Crippen LogP contribution in [-0.2, 0) is 4.79 Å². The van der Waals surface area contributed by atoms with Crippen molar-refractivity contribution in [2.45, 2.75) is 13.8 Å². The van der Waals surface area contributed by atoms with Crippen LogP contribution in [0, 0.1) is 6.92 Å². The number of carbonyl (C=O) groups excluding carboxylic acids is 1. The van der Waals surface area contributed by atoms with Crippen molar-refractivity contribution >= 4 is 33.0 Å².